The lowest BCUT2D eigenvalue weighted by atomic mass is 10.3. The van der Waals surface area contributed by atoms with Crippen LogP contribution in [-0.4, -0.2) is 78.3 Å². The molecular formula is C19H37IN4O4S2. The normalized spacial score (nSPS) is 12.1. The smallest absolute Gasteiger partial charge is 0.252 e. The van der Waals surface area contributed by atoms with E-state index in [0.717, 1.165) is 30.2 Å². The van der Waals surface area contributed by atoms with Crippen LogP contribution in [0, 0.1) is 0 Å². The van der Waals surface area contributed by atoms with Crippen molar-refractivity contribution in [1.82, 2.24) is 14.9 Å². The highest BCUT2D eigenvalue weighted by atomic mass is 127. The Kier molecular flexibility index (Phi) is 16.9. The summed E-state index contributed by atoms with van der Waals surface area (Å²) in [5.74, 6) is 0.761. The summed E-state index contributed by atoms with van der Waals surface area (Å²) < 4.78 is 37.4. The number of nitrogens with one attached hydrogen (secondary N) is 2. The Balaban J connectivity index is 0.00000841. The quantitative estimate of drug-likeness (QED) is 0.144. The summed E-state index contributed by atoms with van der Waals surface area (Å²) in [4.78, 5) is 5.57. The van der Waals surface area contributed by atoms with E-state index in [9.17, 15) is 8.42 Å². The minimum Gasteiger partial charge on any atom is -0.382 e. The molecule has 8 nitrogen and oxygen atoms in total. The molecule has 0 bridgehead atoms. The van der Waals surface area contributed by atoms with E-state index in [0.29, 0.717) is 50.2 Å². The minimum atomic E-state index is -3.38. The van der Waals surface area contributed by atoms with Crippen LogP contribution in [0.4, 0.5) is 0 Å². The lowest BCUT2D eigenvalue weighted by molar-refractivity contribution is 0.0702. The van der Waals surface area contributed by atoms with Crippen molar-refractivity contribution >= 4 is 51.3 Å². The summed E-state index contributed by atoms with van der Waals surface area (Å²) in [6, 6.07) is 3.60. The Morgan fingerprint density at radius 2 is 1.87 bits per heavy atom. The van der Waals surface area contributed by atoms with Crippen LogP contribution in [0.5, 0.6) is 0 Å². The van der Waals surface area contributed by atoms with Crippen molar-refractivity contribution in [2.75, 3.05) is 59.7 Å². The number of guanidine groups is 1. The van der Waals surface area contributed by atoms with Crippen molar-refractivity contribution < 1.29 is 17.9 Å². The predicted molar refractivity (Wildman–Crippen MR) is 135 cm³/mol. The molecule has 30 heavy (non-hydrogen) atoms. The van der Waals surface area contributed by atoms with Gasteiger partial charge < -0.3 is 20.1 Å². The Hall–Kier alpha value is -0.470. The summed E-state index contributed by atoms with van der Waals surface area (Å²) in [7, 11) is -1.72. The zero-order valence-electron chi connectivity index (χ0n) is 18.5. The average molecular weight is 577 g/mol. The second-order valence-electron chi connectivity index (χ2n) is 6.21. The number of ether oxygens (including phenoxy) is 2. The number of hydrogen-bond acceptors (Lipinski definition) is 6. The zero-order valence-corrected chi connectivity index (χ0v) is 22.4. The molecule has 1 aromatic heterocycles. The molecule has 0 aliphatic heterocycles. The van der Waals surface area contributed by atoms with Crippen LogP contribution >= 0.6 is 35.3 Å². The van der Waals surface area contributed by atoms with E-state index in [1.165, 1.54) is 15.6 Å². The van der Waals surface area contributed by atoms with Crippen LogP contribution in [0.25, 0.3) is 0 Å². The van der Waals surface area contributed by atoms with E-state index in [1.807, 2.05) is 26.8 Å². The molecule has 0 aliphatic rings. The fraction of sp³-hybridized carbons (Fsp3) is 0.737. The van der Waals surface area contributed by atoms with Gasteiger partial charge in [0.2, 0.25) is 0 Å². The van der Waals surface area contributed by atoms with Crippen LogP contribution in [0.1, 0.15) is 32.1 Å². The number of sulfonamides is 1. The molecule has 0 radical (unpaired) electrons. The van der Waals surface area contributed by atoms with Crippen LogP contribution in [0.2, 0.25) is 0 Å². The van der Waals surface area contributed by atoms with E-state index in [4.69, 9.17) is 9.47 Å². The van der Waals surface area contributed by atoms with Gasteiger partial charge in [0.25, 0.3) is 10.0 Å². The SMILES string of the molecule is CCNC(=NCCCOCCOC)NCCc1ccc(S(=O)(=O)N(CC)CC)s1.I. The van der Waals surface area contributed by atoms with Gasteiger partial charge in [-0.15, -0.1) is 35.3 Å². The fourth-order valence-corrected chi connectivity index (χ4v) is 5.54. The largest absolute Gasteiger partial charge is 0.382 e. The van der Waals surface area contributed by atoms with Gasteiger partial charge in [0, 0.05) is 51.3 Å². The van der Waals surface area contributed by atoms with E-state index in [1.54, 1.807) is 13.2 Å². The first kappa shape index (κ1) is 29.5. The maximum absolute atomic E-state index is 12.6. The third kappa shape index (κ3) is 10.7. The van der Waals surface area contributed by atoms with Gasteiger partial charge in [-0.25, -0.2) is 8.42 Å². The first-order valence-electron chi connectivity index (χ1n) is 10.2. The number of aliphatic imine (C=N–C) groups is 1. The second kappa shape index (κ2) is 17.1. The summed E-state index contributed by atoms with van der Waals surface area (Å²) in [6.45, 7) is 10.7. The number of halogens is 1. The molecule has 0 amide bonds. The van der Waals surface area contributed by atoms with Gasteiger partial charge in [0.1, 0.15) is 4.21 Å². The molecule has 0 aliphatic carbocycles. The molecule has 2 N–H and O–H groups in total. The lowest BCUT2D eigenvalue weighted by Gasteiger charge is -2.16. The highest BCUT2D eigenvalue weighted by molar-refractivity contribution is 14.0. The van der Waals surface area contributed by atoms with Gasteiger partial charge in [-0.2, -0.15) is 4.31 Å². The Bertz CT molecular complexity index is 694. The second-order valence-corrected chi connectivity index (χ2v) is 9.54. The standard InChI is InChI=1S/C19H36N4O4S2.HI/c1-5-20-19(21-12-8-14-27-16-15-26-4)22-13-11-17-9-10-18(28-17)29(24,25)23(6-2)7-3;/h9-10H,5-8,11-16H2,1-4H3,(H2,20,21,22);1H. The van der Waals surface area contributed by atoms with Gasteiger partial charge in [-0.05, 0) is 31.9 Å². The number of hydrogen-bond donors (Lipinski definition) is 2. The molecule has 0 unspecified atom stereocenters. The molecule has 0 saturated heterocycles. The molecule has 11 heteroatoms. The molecule has 0 aromatic carbocycles. The highest BCUT2D eigenvalue weighted by Gasteiger charge is 2.23. The average Bonchev–Trinajstić information content (AvgIpc) is 3.18. The van der Waals surface area contributed by atoms with Crippen molar-refractivity contribution in [1.29, 1.82) is 0 Å². The van der Waals surface area contributed by atoms with Crippen molar-refractivity contribution in [2.24, 2.45) is 4.99 Å². The Morgan fingerprint density at radius 1 is 1.13 bits per heavy atom. The van der Waals surface area contributed by atoms with Gasteiger partial charge >= 0.3 is 0 Å². The number of rotatable bonds is 15. The molecule has 0 atom stereocenters. The topological polar surface area (TPSA) is 92.3 Å². The first-order valence-corrected chi connectivity index (χ1v) is 12.4. The summed E-state index contributed by atoms with van der Waals surface area (Å²) in [5, 5.41) is 6.52. The third-order valence-electron chi connectivity index (χ3n) is 4.09. The monoisotopic (exact) mass is 576 g/mol. The van der Waals surface area contributed by atoms with Crippen LogP contribution in [0.15, 0.2) is 21.3 Å². The molecule has 1 heterocycles. The van der Waals surface area contributed by atoms with Crippen molar-refractivity contribution in [3.05, 3.63) is 17.0 Å². The van der Waals surface area contributed by atoms with Crippen LogP contribution in [-0.2, 0) is 25.9 Å². The molecule has 0 saturated carbocycles. The predicted octanol–water partition coefficient (Wildman–Crippen LogP) is 2.55. The number of nitrogens with zero attached hydrogens (tertiary/aromatic N) is 2. The fourth-order valence-electron chi connectivity index (χ4n) is 2.57. The minimum absolute atomic E-state index is 0. The van der Waals surface area contributed by atoms with E-state index < -0.39 is 10.0 Å². The first-order chi connectivity index (χ1) is 14.0. The van der Waals surface area contributed by atoms with Gasteiger partial charge in [-0.3, -0.25) is 4.99 Å². The van der Waals surface area contributed by atoms with Crippen molar-refractivity contribution in [3.63, 3.8) is 0 Å². The van der Waals surface area contributed by atoms with E-state index in [-0.39, 0.29) is 24.0 Å². The van der Waals surface area contributed by atoms with Gasteiger partial charge in [-0.1, -0.05) is 13.8 Å². The summed E-state index contributed by atoms with van der Waals surface area (Å²) >= 11 is 1.34. The molecule has 0 fully saturated rings. The number of methoxy groups -OCH3 is 1. The highest BCUT2D eigenvalue weighted by Crippen LogP contribution is 2.25. The summed E-state index contributed by atoms with van der Waals surface area (Å²) in [6.07, 6.45) is 1.58. The van der Waals surface area contributed by atoms with Crippen molar-refractivity contribution in [2.45, 2.75) is 37.8 Å². The maximum Gasteiger partial charge on any atom is 0.252 e. The third-order valence-corrected chi connectivity index (χ3v) is 7.76. The lowest BCUT2D eigenvalue weighted by Crippen LogP contribution is -2.38. The molecule has 1 aromatic rings. The molecule has 1 rings (SSSR count). The summed E-state index contributed by atoms with van der Waals surface area (Å²) in [5.41, 5.74) is 0. The molecular weight excluding hydrogens is 539 g/mol. The number of thiophene rings is 1. The van der Waals surface area contributed by atoms with Gasteiger partial charge in [0.05, 0.1) is 13.2 Å². The molecule has 0 spiro atoms. The van der Waals surface area contributed by atoms with Gasteiger partial charge in [0.15, 0.2) is 5.96 Å². The maximum atomic E-state index is 12.6. The van der Waals surface area contributed by atoms with Crippen LogP contribution < -0.4 is 10.6 Å². The van der Waals surface area contributed by atoms with Crippen LogP contribution in [0.3, 0.4) is 0 Å². The van der Waals surface area contributed by atoms with E-state index in [2.05, 4.69) is 15.6 Å². The zero-order chi connectivity index (χ0) is 21.5. The van der Waals surface area contributed by atoms with E-state index >= 15 is 0 Å². The van der Waals surface area contributed by atoms with Crippen molar-refractivity contribution in [3.8, 4) is 0 Å². The molecule has 176 valence electrons. The Labute approximate surface area is 202 Å². The Morgan fingerprint density at radius 3 is 2.50 bits per heavy atom.